The highest BCUT2D eigenvalue weighted by atomic mass is 19.4. The minimum Gasteiger partial charge on any atom is -0.383 e. The fraction of sp³-hybridized carbons (Fsp3) is 0.360. The van der Waals surface area contributed by atoms with Gasteiger partial charge in [0.1, 0.15) is 22.8 Å². The number of rotatable bonds is 8. The summed E-state index contributed by atoms with van der Waals surface area (Å²) in [6.45, 7) is 2.65. The van der Waals surface area contributed by atoms with E-state index in [2.05, 4.69) is 20.4 Å². The Morgan fingerprint density at radius 3 is 2.55 bits per heavy atom. The van der Waals surface area contributed by atoms with E-state index in [4.69, 9.17) is 5.73 Å². The van der Waals surface area contributed by atoms with Gasteiger partial charge in [-0.05, 0) is 54.8 Å². The molecule has 0 saturated carbocycles. The normalized spacial score (nSPS) is 14.2. The van der Waals surface area contributed by atoms with E-state index in [9.17, 15) is 35.5 Å². The van der Waals surface area contributed by atoms with Gasteiger partial charge in [-0.1, -0.05) is 6.92 Å². The second-order valence-electron chi connectivity index (χ2n) is 9.18. The van der Waals surface area contributed by atoms with Crippen molar-refractivity contribution in [1.82, 2.24) is 25.1 Å². The fourth-order valence-corrected chi connectivity index (χ4v) is 4.38. The summed E-state index contributed by atoms with van der Waals surface area (Å²) in [6, 6.07) is 2.33. The summed E-state index contributed by atoms with van der Waals surface area (Å²) in [7, 11) is 0. The average molecular weight is 572 g/mol. The molecular formula is C25H24F7N7O. The van der Waals surface area contributed by atoms with Crippen LogP contribution in [-0.2, 0) is 18.9 Å². The van der Waals surface area contributed by atoms with Gasteiger partial charge in [0, 0.05) is 25.3 Å². The van der Waals surface area contributed by atoms with Crippen molar-refractivity contribution in [2.75, 3.05) is 17.6 Å². The van der Waals surface area contributed by atoms with E-state index in [0.717, 1.165) is 6.20 Å². The second kappa shape index (κ2) is 11.1. The molecule has 4 rings (SSSR count). The number of aromatic amines is 1. The van der Waals surface area contributed by atoms with Gasteiger partial charge >= 0.3 is 12.4 Å². The predicted molar refractivity (Wildman–Crippen MR) is 133 cm³/mol. The summed E-state index contributed by atoms with van der Waals surface area (Å²) in [5.74, 6) is -1.81. The first-order valence-corrected chi connectivity index (χ1v) is 12.1. The largest absolute Gasteiger partial charge is 0.423 e. The zero-order chi connectivity index (χ0) is 29.2. The van der Waals surface area contributed by atoms with Crippen LogP contribution in [-0.4, -0.2) is 37.7 Å². The van der Waals surface area contributed by atoms with E-state index >= 15 is 0 Å². The number of nitrogens with one attached hydrogen (secondary N) is 2. The molecular weight excluding hydrogens is 547 g/mol. The number of nitrogens with zero attached hydrogens (tertiary/aromatic N) is 4. The number of fused-ring (bicyclic) bond motifs is 1. The number of hydrogen-bond donors (Lipinski definition) is 3. The van der Waals surface area contributed by atoms with Gasteiger partial charge in [0.25, 0.3) is 5.56 Å². The van der Waals surface area contributed by atoms with Gasteiger partial charge < -0.3 is 16.0 Å². The summed E-state index contributed by atoms with van der Waals surface area (Å²) in [4.78, 5) is 20.9. The van der Waals surface area contributed by atoms with E-state index in [1.807, 2.05) is 4.90 Å². The summed E-state index contributed by atoms with van der Waals surface area (Å²) >= 11 is 0. The monoisotopic (exact) mass is 571 g/mol. The van der Waals surface area contributed by atoms with Gasteiger partial charge in [-0.15, -0.1) is 0 Å². The average Bonchev–Trinajstić information content (AvgIpc) is 2.86. The van der Waals surface area contributed by atoms with Crippen molar-refractivity contribution in [3.8, 4) is 11.4 Å². The van der Waals surface area contributed by atoms with Crippen LogP contribution >= 0.6 is 0 Å². The Labute approximate surface area is 223 Å². The SMILES string of the molecule is CC[C@@H](CCCN1C=Cc2cc(-c3ncc(C(F)(F)F)c(N)n3)c(F)cc2C1)Nc1cn[nH]c(=O)c1C(F)(F)F. The molecule has 3 heterocycles. The molecule has 0 amide bonds. The molecule has 1 aliphatic rings. The molecule has 2 aromatic heterocycles. The summed E-state index contributed by atoms with van der Waals surface area (Å²) < 4.78 is 93.7. The van der Waals surface area contributed by atoms with Crippen LogP contribution in [0.25, 0.3) is 17.5 Å². The molecule has 8 nitrogen and oxygen atoms in total. The van der Waals surface area contributed by atoms with E-state index in [1.165, 1.54) is 12.1 Å². The molecule has 0 aliphatic carbocycles. The van der Waals surface area contributed by atoms with Gasteiger partial charge in [0.15, 0.2) is 5.82 Å². The molecule has 0 spiro atoms. The van der Waals surface area contributed by atoms with Crippen LogP contribution in [0.3, 0.4) is 0 Å². The Bertz CT molecular complexity index is 1470. The molecule has 0 radical (unpaired) electrons. The zero-order valence-corrected chi connectivity index (χ0v) is 21.0. The molecule has 0 bridgehead atoms. The number of alkyl halides is 6. The number of hydrogen-bond acceptors (Lipinski definition) is 7. The van der Waals surface area contributed by atoms with Crippen LogP contribution in [0.4, 0.5) is 42.2 Å². The summed E-state index contributed by atoms with van der Waals surface area (Å²) in [5, 5.41) is 8.03. The number of anilines is 2. The quantitative estimate of drug-likeness (QED) is 0.309. The van der Waals surface area contributed by atoms with Crippen molar-refractivity contribution in [2.45, 2.75) is 51.1 Å². The molecule has 214 valence electrons. The minimum absolute atomic E-state index is 0.0957. The Balaban J connectivity index is 1.40. The third-order valence-corrected chi connectivity index (χ3v) is 6.42. The first kappa shape index (κ1) is 28.8. The number of nitrogens with two attached hydrogens (primary N) is 1. The maximum Gasteiger partial charge on any atom is 0.423 e. The first-order chi connectivity index (χ1) is 18.8. The zero-order valence-electron chi connectivity index (χ0n) is 21.0. The van der Waals surface area contributed by atoms with Crippen molar-refractivity contribution in [2.24, 2.45) is 0 Å². The second-order valence-corrected chi connectivity index (χ2v) is 9.18. The first-order valence-electron chi connectivity index (χ1n) is 12.1. The smallest absolute Gasteiger partial charge is 0.383 e. The van der Waals surface area contributed by atoms with E-state index in [1.54, 1.807) is 24.3 Å². The van der Waals surface area contributed by atoms with Crippen LogP contribution < -0.4 is 16.6 Å². The number of halogens is 7. The highest BCUT2D eigenvalue weighted by molar-refractivity contribution is 5.67. The van der Waals surface area contributed by atoms with Crippen LogP contribution in [0.5, 0.6) is 0 Å². The molecule has 1 aromatic carbocycles. The number of benzene rings is 1. The molecule has 1 atom stereocenters. The molecule has 0 saturated heterocycles. The van der Waals surface area contributed by atoms with Crippen molar-refractivity contribution < 1.29 is 30.7 Å². The van der Waals surface area contributed by atoms with E-state index in [0.29, 0.717) is 49.7 Å². The van der Waals surface area contributed by atoms with E-state index < -0.39 is 40.7 Å². The molecule has 1 aliphatic heterocycles. The number of aromatic nitrogens is 4. The van der Waals surface area contributed by atoms with Crippen LogP contribution in [0.15, 0.2) is 35.5 Å². The van der Waals surface area contributed by atoms with Crippen LogP contribution in [0.2, 0.25) is 0 Å². The summed E-state index contributed by atoms with van der Waals surface area (Å²) in [5.41, 5.74) is 2.32. The molecule has 40 heavy (non-hydrogen) atoms. The van der Waals surface area contributed by atoms with Gasteiger partial charge in [0.05, 0.1) is 17.4 Å². The molecule has 4 N–H and O–H groups in total. The van der Waals surface area contributed by atoms with Gasteiger partial charge in [-0.25, -0.2) is 19.5 Å². The lowest BCUT2D eigenvalue weighted by molar-refractivity contribution is -0.138. The van der Waals surface area contributed by atoms with Gasteiger partial charge in [-0.3, -0.25) is 4.79 Å². The van der Waals surface area contributed by atoms with Crippen molar-refractivity contribution in [3.63, 3.8) is 0 Å². The topological polar surface area (TPSA) is 113 Å². The maximum absolute atomic E-state index is 14.9. The number of H-pyrrole nitrogens is 1. The molecule has 0 unspecified atom stereocenters. The fourth-order valence-electron chi connectivity index (χ4n) is 4.38. The molecule has 15 heteroatoms. The van der Waals surface area contributed by atoms with Crippen molar-refractivity contribution in [1.29, 1.82) is 0 Å². The third-order valence-electron chi connectivity index (χ3n) is 6.42. The van der Waals surface area contributed by atoms with Gasteiger partial charge in [-0.2, -0.15) is 31.4 Å². The predicted octanol–water partition coefficient (Wildman–Crippen LogP) is 5.44. The Kier molecular flexibility index (Phi) is 8.03. The van der Waals surface area contributed by atoms with Crippen molar-refractivity contribution in [3.05, 3.63) is 69.2 Å². The third kappa shape index (κ3) is 6.34. The lowest BCUT2D eigenvalue weighted by Crippen LogP contribution is -2.29. The van der Waals surface area contributed by atoms with Gasteiger partial charge in [0.2, 0.25) is 0 Å². The van der Waals surface area contributed by atoms with Crippen molar-refractivity contribution >= 4 is 17.6 Å². The van der Waals surface area contributed by atoms with E-state index in [-0.39, 0.29) is 23.1 Å². The Morgan fingerprint density at radius 2 is 1.90 bits per heavy atom. The molecule has 0 fully saturated rings. The number of nitrogen functional groups attached to an aromatic ring is 1. The highest BCUT2D eigenvalue weighted by Crippen LogP contribution is 2.35. The highest BCUT2D eigenvalue weighted by Gasteiger charge is 2.38. The standard InChI is InChI=1S/C25H24F7N7O/c1-2-15(36-19-11-35-38-23(40)20(19)25(30,31)32)4-3-6-39-7-5-13-8-16(18(26)9-14(13)12-39)22-34-10-17(21(33)37-22)24(27,28)29/h5,7-11,15H,2-4,6,12H2,1H3,(H2,33,34,37)(H2,36,38,40)/t15-/m0/s1. The van der Waals surface area contributed by atoms with Crippen LogP contribution in [0.1, 0.15) is 48.4 Å². The lowest BCUT2D eigenvalue weighted by atomic mass is 9.99. The van der Waals surface area contributed by atoms with Crippen LogP contribution in [0, 0.1) is 5.82 Å². The molecule has 3 aromatic rings. The Morgan fingerprint density at radius 1 is 1.15 bits per heavy atom. The Hall–Kier alpha value is -4.17. The summed E-state index contributed by atoms with van der Waals surface area (Å²) in [6.07, 6.45) is -3.10. The minimum atomic E-state index is -4.84. The maximum atomic E-state index is 14.9. The lowest BCUT2D eigenvalue weighted by Gasteiger charge is -2.27.